The van der Waals surface area contributed by atoms with Gasteiger partial charge in [0, 0.05) is 30.4 Å². The number of aliphatic hydroxyl groups is 1. The van der Waals surface area contributed by atoms with Crippen LogP contribution < -0.4 is 25.8 Å². The molecule has 8 rings (SSSR count). The molecule has 3 aromatic rings. The van der Waals surface area contributed by atoms with Crippen LogP contribution in [0.15, 0.2) is 66.9 Å². The molecule has 41 heavy (non-hydrogen) atoms. The number of fused-ring (bicyclic) bond motifs is 1. The third-order valence-electron chi connectivity index (χ3n) is 9.28. The number of benzene rings is 2. The SMILES string of the molecule is NCCOc1ccc(-c2ccc(N3CCN(OC(=O)NC4[C@@H]5CC6C[C@H]4CC(O)(C6)C5)c4ccccc43)cc2)nc1. The fourth-order valence-electron chi connectivity index (χ4n) is 7.80. The van der Waals surface area contributed by atoms with Gasteiger partial charge >= 0.3 is 6.09 Å². The zero-order valence-corrected chi connectivity index (χ0v) is 23.1. The first-order chi connectivity index (χ1) is 20.0. The van der Waals surface area contributed by atoms with Crippen LogP contribution in [-0.4, -0.2) is 54.1 Å². The Morgan fingerprint density at radius 2 is 1.76 bits per heavy atom. The van der Waals surface area contributed by atoms with Crippen molar-refractivity contribution in [3.05, 3.63) is 66.9 Å². The number of hydroxylamine groups is 1. The molecule has 0 radical (unpaired) electrons. The number of hydrogen-bond donors (Lipinski definition) is 3. The Morgan fingerprint density at radius 1 is 1.00 bits per heavy atom. The molecule has 2 aromatic carbocycles. The van der Waals surface area contributed by atoms with Crippen LogP contribution in [0.1, 0.15) is 32.1 Å². The van der Waals surface area contributed by atoms with E-state index in [1.54, 1.807) is 11.3 Å². The van der Waals surface area contributed by atoms with Crippen LogP contribution in [0.25, 0.3) is 11.3 Å². The molecule has 1 aliphatic heterocycles. The minimum atomic E-state index is -0.521. The van der Waals surface area contributed by atoms with Crippen molar-refractivity contribution in [2.24, 2.45) is 23.5 Å². The van der Waals surface area contributed by atoms with Gasteiger partial charge in [-0.25, -0.2) is 9.86 Å². The highest BCUT2D eigenvalue weighted by Crippen LogP contribution is 2.55. The molecule has 5 aliphatic rings. The predicted molar refractivity (Wildman–Crippen MR) is 157 cm³/mol. The molecule has 3 unspecified atom stereocenters. The maximum Gasteiger partial charge on any atom is 0.431 e. The molecule has 0 spiro atoms. The van der Waals surface area contributed by atoms with E-state index in [0.717, 1.165) is 60.4 Å². The third kappa shape index (κ3) is 5.08. The number of hydrogen-bond acceptors (Lipinski definition) is 8. The molecule has 1 aromatic heterocycles. The van der Waals surface area contributed by atoms with Crippen LogP contribution in [0.2, 0.25) is 0 Å². The molecular formula is C32H37N5O4. The topological polar surface area (TPSA) is 113 Å². The number of carbonyl (C=O) groups excluding carboxylic acids is 1. The molecule has 4 saturated carbocycles. The lowest BCUT2D eigenvalue weighted by molar-refractivity contribution is -0.137. The van der Waals surface area contributed by atoms with Gasteiger partial charge in [-0.15, -0.1) is 0 Å². The summed E-state index contributed by atoms with van der Waals surface area (Å²) in [7, 11) is 0. The summed E-state index contributed by atoms with van der Waals surface area (Å²) in [5.74, 6) is 1.98. The molecular weight excluding hydrogens is 518 g/mol. The molecule has 4 fully saturated rings. The van der Waals surface area contributed by atoms with Crippen molar-refractivity contribution in [1.29, 1.82) is 0 Å². The Morgan fingerprint density at radius 3 is 2.44 bits per heavy atom. The summed E-state index contributed by atoms with van der Waals surface area (Å²) in [6.45, 7) is 2.14. The van der Waals surface area contributed by atoms with Gasteiger partial charge in [-0.05, 0) is 86.3 Å². The molecule has 9 nitrogen and oxygen atoms in total. The van der Waals surface area contributed by atoms with E-state index in [-0.39, 0.29) is 6.04 Å². The quantitative estimate of drug-likeness (QED) is 0.387. The average Bonchev–Trinajstić information content (AvgIpc) is 2.98. The fraction of sp³-hybridized carbons (Fsp3) is 0.438. The minimum absolute atomic E-state index is 0.0820. The molecule has 4 aliphatic carbocycles. The van der Waals surface area contributed by atoms with Crippen LogP contribution >= 0.6 is 0 Å². The summed E-state index contributed by atoms with van der Waals surface area (Å²) in [6, 6.07) is 20.3. The van der Waals surface area contributed by atoms with E-state index in [4.69, 9.17) is 15.3 Å². The summed E-state index contributed by atoms with van der Waals surface area (Å²) in [4.78, 5) is 25.8. The first-order valence-electron chi connectivity index (χ1n) is 14.7. The summed E-state index contributed by atoms with van der Waals surface area (Å²) >= 11 is 0. The second-order valence-corrected chi connectivity index (χ2v) is 12.0. The van der Waals surface area contributed by atoms with Crippen LogP contribution in [-0.2, 0) is 4.84 Å². The molecule has 5 atom stereocenters. The monoisotopic (exact) mass is 555 g/mol. The lowest BCUT2D eigenvalue weighted by Gasteiger charge is -2.57. The van der Waals surface area contributed by atoms with E-state index >= 15 is 0 Å². The number of aromatic nitrogens is 1. The van der Waals surface area contributed by atoms with Gasteiger partial charge in [0.25, 0.3) is 0 Å². The lowest BCUT2D eigenvalue weighted by atomic mass is 9.52. The predicted octanol–water partition coefficient (Wildman–Crippen LogP) is 4.63. The standard InChI is InChI=1S/C32H37N5O4/c33-11-14-40-26-9-10-27(34-20-26)22-5-7-25(8-6-22)36-12-13-37(29-4-2-1-3-28(29)36)41-31(38)35-30-23-15-21-16-24(30)19-32(39,17-21)18-23/h1-10,20-21,23-24,30,39H,11-19,33H2,(H,35,38)/t21?,23-,24+,30?,32?. The van der Waals surface area contributed by atoms with Gasteiger partial charge in [0.05, 0.1) is 35.4 Å². The molecule has 214 valence electrons. The van der Waals surface area contributed by atoms with Crippen molar-refractivity contribution >= 4 is 23.2 Å². The van der Waals surface area contributed by atoms with Crippen molar-refractivity contribution in [3.8, 4) is 17.0 Å². The van der Waals surface area contributed by atoms with Crippen molar-refractivity contribution in [2.75, 3.05) is 36.2 Å². The van der Waals surface area contributed by atoms with Crippen LogP contribution in [0, 0.1) is 17.8 Å². The number of ether oxygens (including phenoxy) is 1. The van der Waals surface area contributed by atoms with E-state index in [9.17, 15) is 9.90 Å². The van der Waals surface area contributed by atoms with E-state index in [1.165, 1.54) is 0 Å². The minimum Gasteiger partial charge on any atom is -0.491 e. The zero-order chi connectivity index (χ0) is 28.0. The summed E-state index contributed by atoms with van der Waals surface area (Å²) in [6.07, 6.45) is 6.00. The summed E-state index contributed by atoms with van der Waals surface area (Å²) < 4.78 is 5.53. The Bertz CT molecular complexity index is 1380. The number of anilines is 3. The molecule has 4 N–H and O–H groups in total. The normalized spacial score (nSPS) is 27.9. The van der Waals surface area contributed by atoms with Crippen molar-refractivity contribution in [3.63, 3.8) is 0 Å². The van der Waals surface area contributed by atoms with Gasteiger partial charge in [-0.2, -0.15) is 0 Å². The molecule has 1 amide bonds. The van der Waals surface area contributed by atoms with E-state index in [1.807, 2.05) is 30.3 Å². The first kappa shape index (κ1) is 26.1. The Hall–Kier alpha value is -3.82. The summed E-state index contributed by atoms with van der Waals surface area (Å²) in [5.41, 5.74) is 9.76. The highest BCUT2D eigenvalue weighted by Gasteiger charge is 2.55. The van der Waals surface area contributed by atoms with Gasteiger partial charge in [0.1, 0.15) is 12.4 Å². The number of carbonyl (C=O) groups is 1. The third-order valence-corrected chi connectivity index (χ3v) is 9.28. The van der Waals surface area contributed by atoms with E-state index in [0.29, 0.717) is 49.7 Å². The Kier molecular flexibility index (Phi) is 6.71. The van der Waals surface area contributed by atoms with Crippen molar-refractivity contribution < 1.29 is 19.5 Å². The largest absolute Gasteiger partial charge is 0.491 e. The van der Waals surface area contributed by atoms with Gasteiger partial charge < -0.3 is 30.6 Å². The molecule has 4 bridgehead atoms. The van der Waals surface area contributed by atoms with E-state index in [2.05, 4.69) is 45.5 Å². The lowest BCUT2D eigenvalue weighted by Crippen LogP contribution is -2.62. The van der Waals surface area contributed by atoms with Gasteiger partial charge in [-0.3, -0.25) is 4.98 Å². The van der Waals surface area contributed by atoms with Gasteiger partial charge in [0.2, 0.25) is 0 Å². The molecule has 9 heteroatoms. The second-order valence-electron chi connectivity index (χ2n) is 12.0. The van der Waals surface area contributed by atoms with E-state index < -0.39 is 11.7 Å². The Labute approximate surface area is 240 Å². The van der Waals surface area contributed by atoms with Crippen molar-refractivity contribution in [2.45, 2.75) is 43.7 Å². The number of nitrogens with zero attached hydrogens (tertiary/aromatic N) is 3. The number of amides is 1. The molecule has 2 heterocycles. The number of pyridine rings is 1. The smallest absolute Gasteiger partial charge is 0.431 e. The number of nitrogens with two attached hydrogens (primary N) is 1. The van der Waals surface area contributed by atoms with Gasteiger partial charge in [0.15, 0.2) is 0 Å². The first-order valence-corrected chi connectivity index (χ1v) is 14.7. The van der Waals surface area contributed by atoms with Crippen LogP contribution in [0.3, 0.4) is 0 Å². The van der Waals surface area contributed by atoms with Crippen LogP contribution in [0.4, 0.5) is 21.9 Å². The molecule has 0 saturated heterocycles. The fourth-order valence-corrected chi connectivity index (χ4v) is 7.80. The van der Waals surface area contributed by atoms with Crippen molar-refractivity contribution in [1.82, 2.24) is 10.3 Å². The highest BCUT2D eigenvalue weighted by atomic mass is 16.7. The number of para-hydroxylation sites is 2. The maximum absolute atomic E-state index is 13.1. The number of rotatable bonds is 7. The average molecular weight is 556 g/mol. The zero-order valence-electron chi connectivity index (χ0n) is 23.1. The van der Waals surface area contributed by atoms with Crippen LogP contribution in [0.5, 0.6) is 5.75 Å². The summed E-state index contributed by atoms with van der Waals surface area (Å²) in [5, 5.41) is 15.8. The maximum atomic E-state index is 13.1. The number of nitrogens with one attached hydrogen (secondary N) is 1. The highest BCUT2D eigenvalue weighted by molar-refractivity contribution is 5.81. The van der Waals surface area contributed by atoms with Gasteiger partial charge in [-0.1, -0.05) is 24.3 Å². The Balaban J connectivity index is 1.02. The second kappa shape index (κ2) is 10.5.